The molecule has 0 amide bonds. The van der Waals surface area contributed by atoms with Gasteiger partial charge in [0.1, 0.15) is 5.75 Å². The van der Waals surface area contributed by atoms with E-state index in [1.807, 2.05) is 0 Å². The van der Waals surface area contributed by atoms with Crippen molar-refractivity contribution in [2.45, 2.75) is 31.8 Å². The van der Waals surface area contributed by atoms with Crippen LogP contribution in [-0.4, -0.2) is 25.8 Å². The number of rotatable bonds is 5. The molecule has 2 aromatic carbocycles. The third-order valence-electron chi connectivity index (χ3n) is 4.94. The van der Waals surface area contributed by atoms with E-state index in [-0.39, 0.29) is 22.8 Å². The number of alkyl halides is 6. The van der Waals surface area contributed by atoms with Crippen molar-refractivity contribution in [2.24, 2.45) is 17.9 Å². The maximum Gasteiger partial charge on any atom is 0.419 e. The number of hydrogen-bond acceptors (Lipinski definition) is 5. The normalized spacial score (nSPS) is 13.3. The van der Waals surface area contributed by atoms with Gasteiger partial charge in [0.25, 0.3) is 0 Å². The molecule has 1 heterocycles. The van der Waals surface area contributed by atoms with Gasteiger partial charge in [0.05, 0.1) is 11.1 Å². The number of hydrogen-bond donors (Lipinski definition) is 2. The van der Waals surface area contributed by atoms with Gasteiger partial charge in [-0.15, -0.1) is 10.2 Å². The van der Waals surface area contributed by atoms with Crippen molar-refractivity contribution in [3.05, 3.63) is 65.0 Å². The molecule has 3 aromatic rings. The van der Waals surface area contributed by atoms with E-state index in [0.717, 1.165) is 18.2 Å². The Morgan fingerprint density at radius 1 is 0.971 bits per heavy atom. The van der Waals surface area contributed by atoms with Crippen LogP contribution in [0.5, 0.6) is 5.75 Å². The number of ether oxygens (including phenoxy) is 1. The molecular weight excluding hydrogens is 468 g/mol. The molecule has 1 aromatic heterocycles. The van der Waals surface area contributed by atoms with Gasteiger partial charge < -0.3 is 20.2 Å². The zero-order valence-corrected chi connectivity index (χ0v) is 18.0. The van der Waals surface area contributed by atoms with Crippen molar-refractivity contribution >= 4 is 5.84 Å². The average molecular weight is 487 g/mol. The third kappa shape index (κ3) is 4.77. The highest BCUT2D eigenvalue weighted by Gasteiger charge is 2.39. The van der Waals surface area contributed by atoms with Gasteiger partial charge in [-0.1, -0.05) is 23.4 Å². The SMILES string of the molecule is Cn1c(-c2ccccc2C(F)(F)F)nnc1C(C)(C)Oc1ccc(C(N)=NO)cc1C(F)(F)F. The van der Waals surface area contributed by atoms with E-state index in [1.165, 1.54) is 43.7 Å². The van der Waals surface area contributed by atoms with Gasteiger partial charge in [0, 0.05) is 18.2 Å². The minimum Gasteiger partial charge on any atom is -0.479 e. The molecule has 182 valence electrons. The molecule has 0 unspecified atom stereocenters. The van der Waals surface area contributed by atoms with E-state index in [9.17, 15) is 26.3 Å². The molecule has 0 spiro atoms. The Morgan fingerprint density at radius 3 is 2.18 bits per heavy atom. The molecular formula is C21H19F6N5O2. The Morgan fingerprint density at radius 2 is 1.59 bits per heavy atom. The van der Waals surface area contributed by atoms with Gasteiger partial charge in [0.15, 0.2) is 23.1 Å². The fourth-order valence-electron chi connectivity index (χ4n) is 3.39. The Balaban J connectivity index is 2.05. The van der Waals surface area contributed by atoms with Crippen LogP contribution < -0.4 is 10.5 Å². The van der Waals surface area contributed by atoms with E-state index in [0.29, 0.717) is 6.07 Å². The number of oxime groups is 1. The number of amidine groups is 1. The average Bonchev–Trinajstić information content (AvgIpc) is 3.14. The van der Waals surface area contributed by atoms with E-state index < -0.39 is 40.7 Å². The van der Waals surface area contributed by atoms with Gasteiger partial charge in [-0.2, -0.15) is 26.3 Å². The third-order valence-corrected chi connectivity index (χ3v) is 4.94. The van der Waals surface area contributed by atoms with Crippen molar-refractivity contribution in [2.75, 3.05) is 0 Å². The van der Waals surface area contributed by atoms with Crippen LogP contribution >= 0.6 is 0 Å². The predicted molar refractivity (Wildman–Crippen MR) is 109 cm³/mol. The largest absolute Gasteiger partial charge is 0.479 e. The van der Waals surface area contributed by atoms with Crippen molar-refractivity contribution in [1.82, 2.24) is 14.8 Å². The Kier molecular flexibility index (Phi) is 6.24. The first kappa shape index (κ1) is 24.9. The quantitative estimate of drug-likeness (QED) is 0.175. The fraction of sp³-hybridized carbons (Fsp3) is 0.286. The van der Waals surface area contributed by atoms with Crippen LogP contribution in [0.25, 0.3) is 11.4 Å². The highest BCUT2D eigenvalue weighted by Crippen LogP contribution is 2.41. The molecule has 13 heteroatoms. The van der Waals surface area contributed by atoms with Crippen LogP contribution in [0.1, 0.15) is 36.4 Å². The molecule has 3 N–H and O–H groups in total. The first-order valence-corrected chi connectivity index (χ1v) is 9.61. The van der Waals surface area contributed by atoms with Crippen molar-refractivity contribution in [3.8, 4) is 17.1 Å². The van der Waals surface area contributed by atoms with Crippen molar-refractivity contribution in [3.63, 3.8) is 0 Å². The van der Waals surface area contributed by atoms with E-state index in [4.69, 9.17) is 15.7 Å². The van der Waals surface area contributed by atoms with Crippen LogP contribution in [0, 0.1) is 0 Å². The predicted octanol–water partition coefficient (Wildman–Crippen LogP) is 4.93. The lowest BCUT2D eigenvalue weighted by atomic mass is 10.0. The maximum absolute atomic E-state index is 13.7. The molecule has 0 atom stereocenters. The number of aromatic nitrogens is 3. The molecule has 7 nitrogen and oxygen atoms in total. The van der Waals surface area contributed by atoms with Crippen molar-refractivity contribution in [1.29, 1.82) is 0 Å². The maximum atomic E-state index is 13.7. The molecule has 0 saturated heterocycles. The first-order chi connectivity index (χ1) is 15.7. The summed E-state index contributed by atoms with van der Waals surface area (Å²) in [5, 5.41) is 19.2. The Hall–Kier alpha value is -3.77. The summed E-state index contributed by atoms with van der Waals surface area (Å²) < 4.78 is 88.2. The second kappa shape index (κ2) is 8.54. The summed E-state index contributed by atoms with van der Waals surface area (Å²) in [5.74, 6) is -1.28. The van der Waals surface area contributed by atoms with Gasteiger partial charge in [-0.25, -0.2) is 0 Å². The highest BCUT2D eigenvalue weighted by molar-refractivity contribution is 5.97. The zero-order chi connectivity index (χ0) is 25.5. The fourth-order valence-corrected chi connectivity index (χ4v) is 3.39. The smallest absolute Gasteiger partial charge is 0.419 e. The van der Waals surface area contributed by atoms with Crippen LogP contribution in [0.2, 0.25) is 0 Å². The van der Waals surface area contributed by atoms with E-state index >= 15 is 0 Å². The molecule has 0 radical (unpaired) electrons. The first-order valence-electron chi connectivity index (χ1n) is 9.61. The summed E-state index contributed by atoms with van der Waals surface area (Å²) in [7, 11) is 1.38. The van der Waals surface area contributed by atoms with Crippen LogP contribution in [-0.2, 0) is 25.0 Å². The zero-order valence-electron chi connectivity index (χ0n) is 18.0. The summed E-state index contributed by atoms with van der Waals surface area (Å²) in [6, 6.07) is 7.56. The second-order valence-corrected chi connectivity index (χ2v) is 7.76. The topological polar surface area (TPSA) is 98.5 Å². The minimum atomic E-state index is -4.85. The Bertz CT molecular complexity index is 1230. The standard InChI is InChI=1S/C21H19F6N5O2/c1-19(2,34-15-9-8-11(16(28)31-33)10-14(15)21(25,26)27)18-30-29-17(32(18)3)12-6-4-5-7-13(12)20(22,23)24/h4-10,33H,1-3H3,(H2,28,31). The van der Waals surface area contributed by atoms with Gasteiger partial charge in [-0.05, 0) is 38.1 Å². The lowest BCUT2D eigenvalue weighted by Crippen LogP contribution is -2.30. The molecule has 0 saturated carbocycles. The summed E-state index contributed by atoms with van der Waals surface area (Å²) in [6.07, 6.45) is -9.51. The summed E-state index contributed by atoms with van der Waals surface area (Å²) in [5.41, 5.74) is 1.27. The minimum absolute atomic E-state index is 0.0203. The van der Waals surface area contributed by atoms with Crippen LogP contribution in [0.4, 0.5) is 26.3 Å². The molecule has 0 aliphatic carbocycles. The summed E-state index contributed by atoms with van der Waals surface area (Å²) >= 11 is 0. The lowest BCUT2D eigenvalue weighted by molar-refractivity contribution is -0.140. The van der Waals surface area contributed by atoms with Gasteiger partial charge in [-0.3, -0.25) is 0 Å². The van der Waals surface area contributed by atoms with E-state index in [2.05, 4.69) is 15.4 Å². The lowest BCUT2D eigenvalue weighted by Gasteiger charge is -2.27. The molecule has 0 aliphatic rings. The van der Waals surface area contributed by atoms with Gasteiger partial charge >= 0.3 is 12.4 Å². The molecule has 3 rings (SSSR count). The molecule has 0 bridgehead atoms. The second-order valence-electron chi connectivity index (χ2n) is 7.76. The molecule has 34 heavy (non-hydrogen) atoms. The number of halogens is 6. The van der Waals surface area contributed by atoms with Crippen LogP contribution in [0.15, 0.2) is 47.6 Å². The molecule has 0 fully saturated rings. The monoisotopic (exact) mass is 487 g/mol. The molecule has 0 aliphatic heterocycles. The summed E-state index contributed by atoms with van der Waals surface area (Å²) in [4.78, 5) is 0. The van der Waals surface area contributed by atoms with Crippen molar-refractivity contribution < 1.29 is 36.3 Å². The Labute approximate surface area is 189 Å². The van der Waals surface area contributed by atoms with Gasteiger partial charge in [0.2, 0.25) is 0 Å². The number of nitrogens with zero attached hydrogens (tertiary/aromatic N) is 4. The van der Waals surface area contributed by atoms with E-state index in [1.54, 1.807) is 0 Å². The number of benzene rings is 2. The summed E-state index contributed by atoms with van der Waals surface area (Å²) in [6.45, 7) is 2.79. The van der Waals surface area contributed by atoms with Crippen LogP contribution in [0.3, 0.4) is 0 Å². The number of nitrogens with two attached hydrogens (primary N) is 1. The highest BCUT2D eigenvalue weighted by atomic mass is 19.4.